The molecule has 0 amide bonds. The zero-order valence-corrected chi connectivity index (χ0v) is 14.2. The lowest BCUT2D eigenvalue weighted by Crippen LogP contribution is -2.32. The van der Waals surface area contributed by atoms with Crippen LogP contribution in [0.4, 0.5) is 0 Å². The third-order valence-corrected chi connectivity index (χ3v) is 6.45. The number of benzene rings is 1. The van der Waals surface area contributed by atoms with E-state index in [-0.39, 0.29) is 17.5 Å². The molecule has 0 spiro atoms. The van der Waals surface area contributed by atoms with Gasteiger partial charge in [-0.2, -0.15) is 4.31 Å². The van der Waals surface area contributed by atoms with E-state index in [1.165, 1.54) is 16.4 Å². The summed E-state index contributed by atoms with van der Waals surface area (Å²) >= 11 is 9.20. The van der Waals surface area contributed by atoms with Gasteiger partial charge in [-0.05, 0) is 59.1 Å². The molecule has 0 atom stereocenters. The third-order valence-electron chi connectivity index (χ3n) is 3.34. The van der Waals surface area contributed by atoms with Gasteiger partial charge < -0.3 is 4.42 Å². The first-order valence-corrected chi connectivity index (χ1v) is 9.09. The van der Waals surface area contributed by atoms with Crippen LogP contribution in [0, 0.1) is 0 Å². The normalized spacial score (nSPS) is 15.6. The van der Waals surface area contributed by atoms with E-state index in [2.05, 4.69) is 15.9 Å². The highest BCUT2D eigenvalue weighted by Gasteiger charge is 2.38. The lowest BCUT2D eigenvalue weighted by molar-refractivity contribution is 0.356. The third kappa shape index (κ3) is 3.18. The maximum atomic E-state index is 12.8. The fourth-order valence-corrected chi connectivity index (χ4v) is 4.43. The topological polar surface area (TPSA) is 50.5 Å². The number of furan rings is 1. The first-order valence-electron chi connectivity index (χ1n) is 6.48. The average molecular weight is 391 g/mol. The number of halogens is 2. The van der Waals surface area contributed by atoms with E-state index in [1.807, 2.05) is 0 Å². The largest absolute Gasteiger partial charge is 0.468 e. The van der Waals surface area contributed by atoms with Gasteiger partial charge in [0, 0.05) is 10.5 Å². The minimum atomic E-state index is -3.57. The van der Waals surface area contributed by atoms with E-state index in [0.29, 0.717) is 15.3 Å². The van der Waals surface area contributed by atoms with Crippen molar-refractivity contribution in [3.05, 3.63) is 51.9 Å². The van der Waals surface area contributed by atoms with Gasteiger partial charge in [-0.15, -0.1) is 0 Å². The van der Waals surface area contributed by atoms with Gasteiger partial charge >= 0.3 is 0 Å². The van der Waals surface area contributed by atoms with Crippen molar-refractivity contribution in [1.82, 2.24) is 4.31 Å². The molecule has 0 N–H and O–H groups in total. The molecule has 1 aromatic carbocycles. The summed E-state index contributed by atoms with van der Waals surface area (Å²) in [5, 5.41) is 0.484. The Balaban J connectivity index is 1.95. The molecule has 1 saturated carbocycles. The van der Waals surface area contributed by atoms with E-state index in [0.717, 1.165) is 12.8 Å². The Morgan fingerprint density at radius 3 is 2.67 bits per heavy atom. The molecule has 0 bridgehead atoms. The Morgan fingerprint density at radius 2 is 2.10 bits per heavy atom. The van der Waals surface area contributed by atoms with Crippen LogP contribution in [0.25, 0.3) is 0 Å². The Bertz CT molecular complexity index is 742. The highest BCUT2D eigenvalue weighted by atomic mass is 79.9. The molecule has 21 heavy (non-hydrogen) atoms. The van der Waals surface area contributed by atoms with Gasteiger partial charge in [0.15, 0.2) is 0 Å². The lowest BCUT2D eigenvalue weighted by atomic mass is 10.4. The molecule has 0 radical (unpaired) electrons. The summed E-state index contributed by atoms with van der Waals surface area (Å²) in [4.78, 5) is 0.234. The van der Waals surface area contributed by atoms with Crippen LogP contribution in [-0.4, -0.2) is 18.8 Å². The molecule has 1 fully saturated rings. The minimum absolute atomic E-state index is 0.0505. The molecule has 112 valence electrons. The number of sulfonamides is 1. The summed E-state index contributed by atoms with van der Waals surface area (Å²) in [6.07, 6.45) is 3.31. The summed E-state index contributed by atoms with van der Waals surface area (Å²) in [5.41, 5.74) is 0. The van der Waals surface area contributed by atoms with E-state index >= 15 is 0 Å². The Morgan fingerprint density at radius 1 is 1.33 bits per heavy atom. The standard InChI is InChI=1S/C14H13BrClNO3S/c15-13-8-12(5-6-14(13)16)21(18,19)17(10-3-4-10)9-11-2-1-7-20-11/h1-2,5-8,10H,3-4,9H2. The first kappa shape index (κ1) is 15.1. The highest BCUT2D eigenvalue weighted by molar-refractivity contribution is 9.10. The van der Waals surface area contributed by atoms with Crippen molar-refractivity contribution in [3.63, 3.8) is 0 Å². The van der Waals surface area contributed by atoms with Gasteiger partial charge in [-0.1, -0.05) is 11.6 Å². The molecule has 3 rings (SSSR count). The zero-order valence-electron chi connectivity index (χ0n) is 11.0. The second-order valence-electron chi connectivity index (χ2n) is 4.94. The maximum Gasteiger partial charge on any atom is 0.243 e. The zero-order chi connectivity index (χ0) is 15.0. The first-order chi connectivity index (χ1) is 9.98. The van der Waals surface area contributed by atoms with Crippen LogP contribution in [0.2, 0.25) is 5.02 Å². The van der Waals surface area contributed by atoms with Crippen molar-refractivity contribution in [2.45, 2.75) is 30.3 Å². The van der Waals surface area contributed by atoms with Crippen LogP contribution >= 0.6 is 27.5 Å². The minimum Gasteiger partial charge on any atom is -0.468 e. The van der Waals surface area contributed by atoms with Crippen LogP contribution in [0.1, 0.15) is 18.6 Å². The van der Waals surface area contributed by atoms with Crippen molar-refractivity contribution in [2.75, 3.05) is 0 Å². The van der Waals surface area contributed by atoms with E-state index in [1.54, 1.807) is 24.5 Å². The second-order valence-corrected chi connectivity index (χ2v) is 8.09. The second kappa shape index (κ2) is 5.76. The molecule has 4 nitrogen and oxygen atoms in total. The number of nitrogens with zero attached hydrogens (tertiary/aromatic N) is 1. The Kier molecular flexibility index (Phi) is 4.14. The molecule has 1 aliphatic carbocycles. The van der Waals surface area contributed by atoms with Crippen LogP contribution in [0.5, 0.6) is 0 Å². The highest BCUT2D eigenvalue weighted by Crippen LogP contribution is 2.35. The van der Waals surface area contributed by atoms with Gasteiger partial charge in [0.05, 0.1) is 22.7 Å². The molecule has 1 aliphatic rings. The molecule has 1 heterocycles. The molecule has 0 aliphatic heterocycles. The number of rotatable bonds is 5. The van der Waals surface area contributed by atoms with Crippen molar-refractivity contribution in [1.29, 1.82) is 0 Å². The van der Waals surface area contributed by atoms with Crippen LogP contribution in [0.15, 0.2) is 50.4 Å². The van der Waals surface area contributed by atoms with Gasteiger partial charge in [0.25, 0.3) is 0 Å². The summed E-state index contributed by atoms with van der Waals surface area (Å²) < 4.78 is 33.0. The van der Waals surface area contributed by atoms with Gasteiger partial charge in [0.1, 0.15) is 5.76 Å². The quantitative estimate of drug-likeness (QED) is 0.774. The molecular formula is C14H13BrClNO3S. The molecule has 2 aromatic rings. The molecule has 7 heteroatoms. The predicted octanol–water partition coefficient (Wildman–Crippen LogP) is 4.05. The van der Waals surface area contributed by atoms with Gasteiger partial charge in [0.2, 0.25) is 10.0 Å². The fourth-order valence-electron chi connectivity index (χ4n) is 2.10. The van der Waals surface area contributed by atoms with Crippen molar-refractivity contribution >= 4 is 37.6 Å². The van der Waals surface area contributed by atoms with Crippen LogP contribution in [0.3, 0.4) is 0 Å². The Labute approximate surface area is 136 Å². The predicted molar refractivity (Wildman–Crippen MR) is 83.6 cm³/mol. The SMILES string of the molecule is O=S(=O)(c1ccc(Cl)c(Br)c1)N(Cc1ccco1)C1CC1. The lowest BCUT2D eigenvalue weighted by Gasteiger charge is -2.21. The average Bonchev–Trinajstić information content (AvgIpc) is 3.15. The molecule has 0 saturated heterocycles. The summed E-state index contributed by atoms with van der Waals surface area (Å²) in [6.45, 7) is 0.250. The number of hydrogen-bond acceptors (Lipinski definition) is 3. The maximum absolute atomic E-state index is 12.8. The molecular weight excluding hydrogens is 378 g/mol. The monoisotopic (exact) mass is 389 g/mol. The van der Waals surface area contributed by atoms with Crippen molar-refractivity contribution < 1.29 is 12.8 Å². The van der Waals surface area contributed by atoms with Crippen molar-refractivity contribution in [3.8, 4) is 0 Å². The number of hydrogen-bond donors (Lipinski definition) is 0. The molecule has 1 aromatic heterocycles. The smallest absolute Gasteiger partial charge is 0.243 e. The van der Waals surface area contributed by atoms with Crippen LogP contribution in [-0.2, 0) is 16.6 Å². The molecule has 0 unspecified atom stereocenters. The van der Waals surface area contributed by atoms with Crippen molar-refractivity contribution in [2.24, 2.45) is 0 Å². The fraction of sp³-hybridized carbons (Fsp3) is 0.286. The van der Waals surface area contributed by atoms with E-state index in [9.17, 15) is 8.42 Å². The van der Waals surface area contributed by atoms with Crippen LogP contribution < -0.4 is 0 Å². The Hall–Kier alpha value is -0.820. The summed E-state index contributed by atoms with van der Waals surface area (Å²) in [6, 6.07) is 8.23. The van der Waals surface area contributed by atoms with Gasteiger partial charge in [-0.25, -0.2) is 8.42 Å². The summed E-state index contributed by atoms with van der Waals surface area (Å²) in [5.74, 6) is 0.638. The van der Waals surface area contributed by atoms with E-state index < -0.39 is 10.0 Å². The summed E-state index contributed by atoms with van der Waals surface area (Å²) in [7, 11) is -3.57. The van der Waals surface area contributed by atoms with E-state index in [4.69, 9.17) is 16.0 Å². The van der Waals surface area contributed by atoms with Gasteiger partial charge in [-0.3, -0.25) is 0 Å².